The summed E-state index contributed by atoms with van der Waals surface area (Å²) in [6.45, 7) is 13.5. The molecular weight excluding hydrogens is 280 g/mol. The van der Waals surface area contributed by atoms with E-state index in [4.69, 9.17) is 0 Å². The number of aromatic nitrogens is 1. The summed E-state index contributed by atoms with van der Waals surface area (Å²) >= 11 is 0. The van der Waals surface area contributed by atoms with Crippen LogP contribution in [0.3, 0.4) is 0 Å². The van der Waals surface area contributed by atoms with Crippen molar-refractivity contribution in [3.8, 4) is 0 Å². The Kier molecular flexibility index (Phi) is 11.1. The van der Waals surface area contributed by atoms with Crippen LogP contribution in [-0.2, 0) is 6.54 Å². The highest BCUT2D eigenvalue weighted by Gasteiger charge is 2.19. The van der Waals surface area contributed by atoms with Gasteiger partial charge < -0.3 is 9.05 Å². The third-order valence-corrected chi connectivity index (χ3v) is 5.73. The van der Waals surface area contributed by atoms with Crippen molar-refractivity contribution >= 4 is 0 Å². The Hall–Kier alpha value is -0.760. The molecule has 1 rings (SSSR count). The van der Waals surface area contributed by atoms with E-state index in [1.807, 2.05) is 0 Å². The zero-order valence-electron chi connectivity index (χ0n) is 16.1. The van der Waals surface area contributed by atoms with Gasteiger partial charge in [-0.3, -0.25) is 0 Å². The van der Waals surface area contributed by atoms with Gasteiger partial charge in [0, 0.05) is 18.9 Å². The second-order valence-electron chi connectivity index (χ2n) is 7.12. The third kappa shape index (κ3) is 8.60. The summed E-state index contributed by atoms with van der Waals surface area (Å²) in [6, 6.07) is 4.23. The van der Waals surface area contributed by atoms with Gasteiger partial charge in [0.05, 0.1) is 26.2 Å². The molecule has 0 atom stereocenters. The normalized spacial score (nSPS) is 12.0. The second kappa shape index (κ2) is 12.6. The Balaban J connectivity index is 1.86. The van der Waals surface area contributed by atoms with E-state index in [-0.39, 0.29) is 0 Å². The van der Waals surface area contributed by atoms with Gasteiger partial charge in [0.25, 0.3) is 0 Å². The lowest BCUT2D eigenvalue weighted by Crippen LogP contribution is -2.48. The summed E-state index contributed by atoms with van der Waals surface area (Å²) in [5.41, 5.74) is 0. The molecule has 0 radical (unpaired) electrons. The summed E-state index contributed by atoms with van der Waals surface area (Å²) in [7, 11) is 0. The molecule has 0 saturated carbocycles. The number of hydrogen-bond acceptors (Lipinski definition) is 0. The number of nitrogens with zero attached hydrogens (tertiary/aromatic N) is 2. The Labute approximate surface area is 145 Å². The SMILES string of the molecule is CC[N+](CC)(CC)CCCCCCCCCCCn1cccc1. The van der Waals surface area contributed by atoms with E-state index in [2.05, 4.69) is 49.9 Å². The van der Waals surface area contributed by atoms with Crippen LogP contribution in [-0.4, -0.2) is 35.2 Å². The number of rotatable bonds is 15. The van der Waals surface area contributed by atoms with Gasteiger partial charge in [-0.1, -0.05) is 38.5 Å². The molecule has 0 fully saturated rings. The first-order valence-electron chi connectivity index (χ1n) is 10.2. The topological polar surface area (TPSA) is 4.93 Å². The Morgan fingerprint density at radius 1 is 0.609 bits per heavy atom. The van der Waals surface area contributed by atoms with E-state index in [0.29, 0.717) is 0 Å². The molecule has 2 nitrogen and oxygen atoms in total. The molecule has 1 aromatic rings. The minimum absolute atomic E-state index is 1.19. The van der Waals surface area contributed by atoms with Crippen LogP contribution in [0, 0.1) is 0 Å². The lowest BCUT2D eigenvalue weighted by atomic mass is 10.1. The quantitative estimate of drug-likeness (QED) is 0.281. The maximum absolute atomic E-state index is 2.35. The fourth-order valence-corrected chi connectivity index (χ4v) is 3.64. The Morgan fingerprint density at radius 3 is 1.52 bits per heavy atom. The van der Waals surface area contributed by atoms with E-state index in [1.165, 1.54) is 95.0 Å². The smallest absolute Gasteiger partial charge is 0.0786 e. The highest BCUT2D eigenvalue weighted by atomic mass is 15.3. The van der Waals surface area contributed by atoms with Crippen LogP contribution in [0.5, 0.6) is 0 Å². The van der Waals surface area contributed by atoms with Crippen molar-refractivity contribution in [1.82, 2.24) is 4.57 Å². The number of unbranched alkanes of at least 4 members (excludes halogenated alkanes) is 8. The molecule has 0 bridgehead atoms. The van der Waals surface area contributed by atoms with E-state index < -0.39 is 0 Å². The highest BCUT2D eigenvalue weighted by Crippen LogP contribution is 2.13. The van der Waals surface area contributed by atoms with Crippen molar-refractivity contribution in [2.75, 3.05) is 26.2 Å². The molecule has 134 valence electrons. The summed E-state index contributed by atoms with van der Waals surface area (Å²) in [5, 5.41) is 0. The molecule has 23 heavy (non-hydrogen) atoms. The molecule has 0 aliphatic heterocycles. The van der Waals surface area contributed by atoms with E-state index in [1.54, 1.807) is 0 Å². The predicted octanol–water partition coefficient (Wildman–Crippen LogP) is 5.88. The van der Waals surface area contributed by atoms with Gasteiger partial charge in [-0.2, -0.15) is 0 Å². The molecule has 0 saturated heterocycles. The fraction of sp³-hybridized carbons (Fsp3) is 0.810. The number of quaternary nitrogens is 1. The highest BCUT2D eigenvalue weighted by molar-refractivity contribution is 4.89. The molecule has 2 heteroatoms. The Bertz CT molecular complexity index is 344. The molecule has 0 aromatic carbocycles. The number of hydrogen-bond donors (Lipinski definition) is 0. The average molecular weight is 322 g/mol. The average Bonchev–Trinajstić information content (AvgIpc) is 3.10. The third-order valence-electron chi connectivity index (χ3n) is 5.73. The first-order chi connectivity index (χ1) is 11.3. The largest absolute Gasteiger partial charge is 0.354 e. The van der Waals surface area contributed by atoms with Crippen LogP contribution in [0.15, 0.2) is 24.5 Å². The molecule has 1 heterocycles. The molecule has 0 aliphatic carbocycles. The van der Waals surface area contributed by atoms with E-state index in [9.17, 15) is 0 Å². The minimum atomic E-state index is 1.19. The van der Waals surface area contributed by atoms with Crippen LogP contribution >= 0.6 is 0 Å². The molecule has 0 amide bonds. The van der Waals surface area contributed by atoms with Gasteiger partial charge in [0.1, 0.15) is 0 Å². The second-order valence-corrected chi connectivity index (χ2v) is 7.12. The van der Waals surface area contributed by atoms with Crippen molar-refractivity contribution in [3.63, 3.8) is 0 Å². The molecule has 0 spiro atoms. The molecule has 1 aromatic heterocycles. The first-order valence-corrected chi connectivity index (χ1v) is 10.2. The summed E-state index contributed by atoms with van der Waals surface area (Å²) in [4.78, 5) is 0. The fourth-order valence-electron chi connectivity index (χ4n) is 3.64. The van der Waals surface area contributed by atoms with E-state index in [0.717, 1.165) is 0 Å². The number of aryl methyl sites for hydroxylation is 1. The van der Waals surface area contributed by atoms with Crippen LogP contribution in [0.4, 0.5) is 0 Å². The lowest BCUT2D eigenvalue weighted by molar-refractivity contribution is -0.923. The zero-order valence-corrected chi connectivity index (χ0v) is 16.1. The Morgan fingerprint density at radius 2 is 1.04 bits per heavy atom. The van der Waals surface area contributed by atoms with Gasteiger partial charge in [0.15, 0.2) is 0 Å². The molecule has 0 N–H and O–H groups in total. The van der Waals surface area contributed by atoms with Crippen molar-refractivity contribution in [2.24, 2.45) is 0 Å². The van der Waals surface area contributed by atoms with Crippen molar-refractivity contribution in [1.29, 1.82) is 0 Å². The molecular formula is C21H41N2+. The standard InChI is InChI=1S/C21H41N2/c1-4-23(5-2,6-3)21-17-13-11-9-7-8-10-12-14-18-22-19-15-16-20-22/h15-16,19-20H,4-14,17-18,21H2,1-3H3/q+1. The van der Waals surface area contributed by atoms with Crippen LogP contribution in [0.25, 0.3) is 0 Å². The molecule has 0 aliphatic rings. The van der Waals surface area contributed by atoms with Crippen molar-refractivity contribution < 1.29 is 4.48 Å². The van der Waals surface area contributed by atoms with Crippen LogP contribution in [0.2, 0.25) is 0 Å². The van der Waals surface area contributed by atoms with Gasteiger partial charge >= 0.3 is 0 Å². The molecule has 0 unspecified atom stereocenters. The maximum Gasteiger partial charge on any atom is 0.0786 e. The predicted molar refractivity (Wildman–Crippen MR) is 103 cm³/mol. The van der Waals surface area contributed by atoms with Gasteiger partial charge in [-0.25, -0.2) is 0 Å². The van der Waals surface area contributed by atoms with Crippen molar-refractivity contribution in [2.45, 2.75) is 85.1 Å². The first kappa shape index (κ1) is 20.3. The van der Waals surface area contributed by atoms with E-state index >= 15 is 0 Å². The summed E-state index contributed by atoms with van der Waals surface area (Å²) < 4.78 is 3.61. The van der Waals surface area contributed by atoms with Gasteiger partial charge in [0.2, 0.25) is 0 Å². The zero-order chi connectivity index (χ0) is 16.8. The lowest BCUT2D eigenvalue weighted by Gasteiger charge is -2.35. The monoisotopic (exact) mass is 321 g/mol. The van der Waals surface area contributed by atoms with Crippen LogP contribution in [0.1, 0.15) is 78.6 Å². The summed E-state index contributed by atoms with van der Waals surface area (Å²) in [6.07, 6.45) is 17.1. The van der Waals surface area contributed by atoms with Gasteiger partial charge in [-0.15, -0.1) is 0 Å². The van der Waals surface area contributed by atoms with Gasteiger partial charge in [-0.05, 0) is 52.2 Å². The summed E-state index contributed by atoms with van der Waals surface area (Å²) in [5.74, 6) is 0. The maximum atomic E-state index is 2.35. The van der Waals surface area contributed by atoms with Crippen LogP contribution < -0.4 is 0 Å². The minimum Gasteiger partial charge on any atom is -0.354 e. The van der Waals surface area contributed by atoms with Crippen molar-refractivity contribution in [3.05, 3.63) is 24.5 Å².